The van der Waals surface area contributed by atoms with Crippen molar-refractivity contribution in [2.24, 2.45) is 0 Å². The minimum absolute atomic E-state index is 0.118. The van der Waals surface area contributed by atoms with Gasteiger partial charge in [-0.15, -0.1) is 0 Å². The molecule has 0 aliphatic carbocycles. The minimum atomic E-state index is -0.118. The fourth-order valence-corrected chi connectivity index (χ4v) is 4.68. The van der Waals surface area contributed by atoms with Crippen LogP contribution in [0.15, 0.2) is 78.9 Å². The molecule has 1 aromatic heterocycles. The summed E-state index contributed by atoms with van der Waals surface area (Å²) in [5, 5.41) is 4.30. The third-order valence-corrected chi connectivity index (χ3v) is 6.98. The highest BCUT2D eigenvalue weighted by molar-refractivity contribution is 6.30. The Bertz CT molecular complexity index is 1370. The van der Waals surface area contributed by atoms with Crippen LogP contribution >= 0.6 is 23.2 Å². The van der Waals surface area contributed by atoms with Gasteiger partial charge in [-0.25, -0.2) is 14.8 Å². The van der Waals surface area contributed by atoms with E-state index in [2.05, 4.69) is 10.2 Å². The lowest BCUT2D eigenvalue weighted by atomic mass is 10.0. The van der Waals surface area contributed by atoms with Crippen LogP contribution in [0.2, 0.25) is 10.0 Å². The highest BCUT2D eigenvalue weighted by Crippen LogP contribution is 2.29. The Morgan fingerprint density at radius 1 is 0.838 bits per heavy atom. The van der Waals surface area contributed by atoms with Crippen molar-refractivity contribution in [1.29, 1.82) is 0 Å². The summed E-state index contributed by atoms with van der Waals surface area (Å²) in [6.45, 7) is 4.56. The summed E-state index contributed by atoms with van der Waals surface area (Å²) in [5.41, 5.74) is 4.88. The molecule has 5 rings (SSSR count). The number of rotatable bonds is 5. The first-order chi connectivity index (χ1) is 18.0. The van der Waals surface area contributed by atoms with Gasteiger partial charge in [0.15, 0.2) is 5.82 Å². The lowest BCUT2D eigenvalue weighted by molar-refractivity contribution is 0.208. The largest absolute Gasteiger partial charge is 0.353 e. The number of benzene rings is 3. The summed E-state index contributed by atoms with van der Waals surface area (Å²) in [6, 6.07) is 24.9. The summed E-state index contributed by atoms with van der Waals surface area (Å²) in [7, 11) is 0. The van der Waals surface area contributed by atoms with Crippen LogP contribution in [0.3, 0.4) is 0 Å². The number of aromatic nitrogens is 2. The maximum Gasteiger partial charge on any atom is 0.321 e. The molecule has 1 aliphatic rings. The first-order valence-electron chi connectivity index (χ1n) is 12.2. The van der Waals surface area contributed by atoms with Gasteiger partial charge in [-0.1, -0.05) is 65.7 Å². The van der Waals surface area contributed by atoms with Crippen LogP contribution in [0, 0.1) is 6.92 Å². The van der Waals surface area contributed by atoms with Gasteiger partial charge in [0.1, 0.15) is 5.82 Å². The summed E-state index contributed by atoms with van der Waals surface area (Å²) in [6.07, 6.45) is 0.699. The van der Waals surface area contributed by atoms with Crippen LogP contribution in [-0.4, -0.2) is 47.1 Å². The first kappa shape index (κ1) is 25.1. The molecule has 2 heterocycles. The second kappa shape index (κ2) is 11.2. The van der Waals surface area contributed by atoms with Crippen LogP contribution in [-0.2, 0) is 6.42 Å². The zero-order valence-corrected chi connectivity index (χ0v) is 22.0. The monoisotopic (exact) mass is 531 g/mol. The van der Waals surface area contributed by atoms with E-state index in [0.29, 0.717) is 48.5 Å². The minimum Gasteiger partial charge on any atom is -0.353 e. The molecular weight excluding hydrogens is 505 g/mol. The quantitative estimate of drug-likeness (QED) is 0.311. The molecule has 0 atom stereocenters. The average Bonchev–Trinajstić information content (AvgIpc) is 2.92. The molecule has 6 nitrogen and oxygen atoms in total. The molecule has 37 heavy (non-hydrogen) atoms. The normalized spacial score (nSPS) is 13.5. The summed E-state index contributed by atoms with van der Waals surface area (Å²) in [4.78, 5) is 26.8. The van der Waals surface area contributed by atoms with E-state index in [-0.39, 0.29) is 6.03 Å². The van der Waals surface area contributed by atoms with Crippen molar-refractivity contribution >= 4 is 40.7 Å². The summed E-state index contributed by atoms with van der Waals surface area (Å²) < 4.78 is 0. The van der Waals surface area contributed by atoms with E-state index in [9.17, 15) is 4.79 Å². The van der Waals surface area contributed by atoms with Crippen molar-refractivity contribution in [1.82, 2.24) is 14.9 Å². The Balaban J connectivity index is 1.38. The zero-order valence-electron chi connectivity index (χ0n) is 20.5. The van der Waals surface area contributed by atoms with Crippen molar-refractivity contribution in [3.8, 4) is 11.4 Å². The number of anilines is 2. The maximum atomic E-state index is 12.9. The fraction of sp³-hybridized carbons (Fsp3) is 0.207. The van der Waals surface area contributed by atoms with Crippen LogP contribution < -0.4 is 10.2 Å². The van der Waals surface area contributed by atoms with Crippen molar-refractivity contribution in [3.63, 3.8) is 0 Å². The van der Waals surface area contributed by atoms with Crippen molar-refractivity contribution in [2.45, 2.75) is 13.3 Å². The molecule has 1 N–H and O–H groups in total. The number of carbonyl (C=O) groups is 1. The Labute approximate surface area is 226 Å². The maximum absolute atomic E-state index is 12.9. The molecule has 0 bridgehead atoms. The molecule has 1 saturated heterocycles. The van der Waals surface area contributed by atoms with E-state index in [4.69, 9.17) is 33.2 Å². The van der Waals surface area contributed by atoms with E-state index < -0.39 is 0 Å². The summed E-state index contributed by atoms with van der Waals surface area (Å²) in [5.74, 6) is 1.62. The molecule has 188 valence electrons. The van der Waals surface area contributed by atoms with Gasteiger partial charge in [0.05, 0.1) is 0 Å². The Hall–Kier alpha value is -3.61. The van der Waals surface area contributed by atoms with E-state index >= 15 is 0 Å². The second-order valence-electron chi connectivity index (χ2n) is 9.02. The molecule has 0 unspecified atom stereocenters. The van der Waals surface area contributed by atoms with E-state index in [0.717, 1.165) is 33.9 Å². The Morgan fingerprint density at radius 2 is 1.46 bits per heavy atom. The van der Waals surface area contributed by atoms with E-state index in [1.165, 1.54) is 0 Å². The smallest absolute Gasteiger partial charge is 0.321 e. The predicted molar refractivity (Wildman–Crippen MR) is 151 cm³/mol. The third-order valence-electron chi connectivity index (χ3n) is 6.48. The molecule has 0 radical (unpaired) electrons. The number of nitrogens with one attached hydrogen (secondary N) is 1. The van der Waals surface area contributed by atoms with Gasteiger partial charge in [-0.3, -0.25) is 0 Å². The number of halogens is 2. The van der Waals surface area contributed by atoms with Crippen LogP contribution in [0.4, 0.5) is 16.3 Å². The average molecular weight is 532 g/mol. The number of hydrogen-bond donors (Lipinski definition) is 1. The highest BCUT2D eigenvalue weighted by atomic mass is 35.5. The second-order valence-corrected chi connectivity index (χ2v) is 9.89. The molecule has 4 aromatic rings. The highest BCUT2D eigenvalue weighted by Gasteiger charge is 2.25. The van der Waals surface area contributed by atoms with Gasteiger partial charge in [0, 0.05) is 65.2 Å². The molecule has 1 fully saturated rings. The number of urea groups is 1. The zero-order chi connectivity index (χ0) is 25.8. The van der Waals surface area contributed by atoms with Gasteiger partial charge in [-0.2, -0.15) is 0 Å². The third kappa shape index (κ3) is 6.04. The van der Waals surface area contributed by atoms with E-state index in [1.807, 2.05) is 66.4 Å². The number of piperazine rings is 1. The molecule has 8 heteroatoms. The number of carbonyl (C=O) groups excluding carboxylic acids is 1. The predicted octanol–water partition coefficient (Wildman–Crippen LogP) is 6.70. The molecule has 1 aliphatic heterocycles. The number of amides is 2. The van der Waals surface area contributed by atoms with Gasteiger partial charge in [-0.05, 0) is 48.9 Å². The SMILES string of the molecule is Cc1nc(-c2ccccc2)nc(N2CCN(C(=O)Nc3ccc(Cl)cc3)CC2)c1Cc1ccc(Cl)cc1. The lowest BCUT2D eigenvalue weighted by Crippen LogP contribution is -2.50. The van der Waals surface area contributed by atoms with Gasteiger partial charge in [0.2, 0.25) is 0 Å². The standard InChI is InChI=1S/C29H27Cl2N5O/c1-20-26(19-21-7-9-23(30)10-8-21)28(34-27(32-20)22-5-3-2-4-6-22)35-15-17-36(18-16-35)29(37)33-25-13-11-24(31)12-14-25/h2-14H,15-19H2,1H3,(H,33,37). The first-order valence-corrected chi connectivity index (χ1v) is 13.0. The van der Waals surface area contributed by atoms with Gasteiger partial charge >= 0.3 is 6.03 Å². The van der Waals surface area contributed by atoms with Crippen molar-refractivity contribution in [3.05, 3.63) is 106 Å². The summed E-state index contributed by atoms with van der Waals surface area (Å²) >= 11 is 12.1. The lowest BCUT2D eigenvalue weighted by Gasteiger charge is -2.36. The van der Waals surface area contributed by atoms with Gasteiger partial charge < -0.3 is 15.1 Å². The van der Waals surface area contributed by atoms with Crippen LogP contribution in [0.5, 0.6) is 0 Å². The van der Waals surface area contributed by atoms with Crippen LogP contribution in [0.1, 0.15) is 16.8 Å². The molecule has 0 saturated carbocycles. The van der Waals surface area contributed by atoms with E-state index in [1.54, 1.807) is 24.3 Å². The molecule has 3 aromatic carbocycles. The van der Waals surface area contributed by atoms with Crippen LogP contribution in [0.25, 0.3) is 11.4 Å². The Kier molecular flexibility index (Phi) is 7.58. The fourth-order valence-electron chi connectivity index (χ4n) is 4.43. The topological polar surface area (TPSA) is 61.4 Å². The van der Waals surface area contributed by atoms with Crippen molar-refractivity contribution in [2.75, 3.05) is 36.4 Å². The van der Waals surface area contributed by atoms with Crippen molar-refractivity contribution < 1.29 is 4.79 Å². The Morgan fingerprint density at radius 3 is 2.11 bits per heavy atom. The molecular formula is C29H27Cl2N5O. The molecule has 0 spiro atoms. The van der Waals surface area contributed by atoms with Gasteiger partial charge in [0.25, 0.3) is 0 Å². The number of hydrogen-bond acceptors (Lipinski definition) is 4. The number of nitrogens with zero attached hydrogens (tertiary/aromatic N) is 4. The number of aryl methyl sites for hydroxylation is 1. The molecule has 2 amide bonds.